The lowest BCUT2D eigenvalue weighted by atomic mass is 10.2. The Bertz CT molecular complexity index is 694. The van der Waals surface area contributed by atoms with Gasteiger partial charge in [-0.3, -0.25) is 0 Å². The van der Waals surface area contributed by atoms with Crippen molar-refractivity contribution >= 4 is 26.9 Å². The lowest BCUT2D eigenvalue weighted by Crippen LogP contribution is -1.95. The molecule has 0 amide bonds. The first-order valence-electron chi connectivity index (χ1n) is 6.48. The van der Waals surface area contributed by atoms with E-state index in [0.717, 1.165) is 39.7 Å². The van der Waals surface area contributed by atoms with Gasteiger partial charge in [-0.15, -0.1) is 0 Å². The third kappa shape index (κ3) is 2.85. The van der Waals surface area contributed by atoms with Crippen molar-refractivity contribution in [1.29, 1.82) is 0 Å². The van der Waals surface area contributed by atoms with Crippen molar-refractivity contribution in [3.05, 3.63) is 59.8 Å². The summed E-state index contributed by atoms with van der Waals surface area (Å²) in [5.41, 5.74) is 2.91. The van der Waals surface area contributed by atoms with Crippen LogP contribution in [0.25, 0.3) is 11.0 Å². The minimum Gasteiger partial charge on any atom is -0.489 e. The highest BCUT2D eigenvalue weighted by Crippen LogP contribution is 2.25. The van der Waals surface area contributed by atoms with Crippen LogP contribution in [0.15, 0.2) is 53.1 Å². The van der Waals surface area contributed by atoms with Crippen LogP contribution in [-0.4, -0.2) is 10.5 Å². The number of benzene rings is 2. The molecule has 1 heterocycles. The molecule has 4 heteroatoms. The first-order chi connectivity index (χ1) is 9.86. The van der Waals surface area contributed by atoms with Crippen molar-refractivity contribution in [1.82, 2.24) is 5.16 Å². The van der Waals surface area contributed by atoms with Crippen molar-refractivity contribution in [2.24, 2.45) is 0 Å². The number of nitrogens with zero attached hydrogens (tertiary/aromatic N) is 1. The number of rotatable bonds is 5. The lowest BCUT2D eigenvalue weighted by Gasteiger charge is -2.06. The topological polar surface area (TPSA) is 35.3 Å². The van der Waals surface area contributed by atoms with Gasteiger partial charge in [0, 0.05) is 17.1 Å². The summed E-state index contributed by atoms with van der Waals surface area (Å²) in [5, 5.41) is 5.97. The molecule has 0 saturated heterocycles. The number of aromatic nitrogens is 1. The first kappa shape index (κ1) is 13.2. The number of aryl methyl sites for hydroxylation is 1. The van der Waals surface area contributed by atoms with Gasteiger partial charge in [-0.05, 0) is 23.8 Å². The molecule has 0 fully saturated rings. The van der Waals surface area contributed by atoms with Gasteiger partial charge in [0.05, 0.1) is 5.69 Å². The van der Waals surface area contributed by atoms with Crippen molar-refractivity contribution in [3.63, 3.8) is 0 Å². The van der Waals surface area contributed by atoms with Gasteiger partial charge in [0.2, 0.25) is 0 Å². The third-order valence-corrected chi connectivity index (χ3v) is 3.49. The summed E-state index contributed by atoms with van der Waals surface area (Å²) in [5.74, 6) is 0.834. The van der Waals surface area contributed by atoms with E-state index in [9.17, 15) is 0 Å². The normalized spacial score (nSPS) is 10.8. The quantitative estimate of drug-likeness (QED) is 0.652. The standard InChI is InChI=1S/C16H14BrNO2/c17-9-8-15-14-10-13(6-7-16(14)20-18-15)19-11-12-4-2-1-3-5-12/h1-7,10H,8-9,11H2. The van der Waals surface area contributed by atoms with Crippen LogP contribution in [0.2, 0.25) is 0 Å². The summed E-state index contributed by atoms with van der Waals surface area (Å²) in [6, 6.07) is 15.9. The molecule has 0 aliphatic heterocycles. The molecule has 3 rings (SSSR count). The molecule has 0 radical (unpaired) electrons. The Kier molecular flexibility index (Phi) is 4.02. The molecular formula is C16H14BrNO2. The van der Waals surface area contributed by atoms with E-state index in [1.54, 1.807) is 0 Å². The zero-order valence-corrected chi connectivity index (χ0v) is 12.5. The molecule has 0 saturated carbocycles. The van der Waals surface area contributed by atoms with Gasteiger partial charge in [-0.2, -0.15) is 0 Å². The van der Waals surface area contributed by atoms with E-state index in [-0.39, 0.29) is 0 Å². The monoisotopic (exact) mass is 331 g/mol. The van der Waals surface area contributed by atoms with Crippen molar-refractivity contribution in [3.8, 4) is 5.75 Å². The fourth-order valence-electron chi connectivity index (χ4n) is 2.07. The molecule has 102 valence electrons. The van der Waals surface area contributed by atoms with Crippen LogP contribution >= 0.6 is 15.9 Å². The molecule has 20 heavy (non-hydrogen) atoms. The van der Waals surface area contributed by atoms with Gasteiger partial charge in [0.15, 0.2) is 5.58 Å². The van der Waals surface area contributed by atoms with Crippen molar-refractivity contribution in [2.45, 2.75) is 13.0 Å². The minimum atomic E-state index is 0.561. The molecule has 0 N–H and O–H groups in total. The van der Waals surface area contributed by atoms with E-state index < -0.39 is 0 Å². The molecule has 1 aromatic heterocycles. The SMILES string of the molecule is BrCCc1noc2ccc(OCc3ccccc3)cc12. The molecular weight excluding hydrogens is 318 g/mol. The van der Waals surface area contributed by atoms with Crippen LogP contribution in [0.4, 0.5) is 0 Å². The zero-order chi connectivity index (χ0) is 13.8. The Hall–Kier alpha value is -1.81. The average Bonchev–Trinajstić information content (AvgIpc) is 2.89. The van der Waals surface area contributed by atoms with Gasteiger partial charge in [-0.1, -0.05) is 51.4 Å². The van der Waals surface area contributed by atoms with Crippen LogP contribution in [-0.2, 0) is 13.0 Å². The average molecular weight is 332 g/mol. The maximum absolute atomic E-state index is 5.82. The second-order valence-electron chi connectivity index (χ2n) is 4.50. The van der Waals surface area contributed by atoms with E-state index in [2.05, 4.69) is 21.1 Å². The fraction of sp³-hybridized carbons (Fsp3) is 0.188. The fourth-order valence-corrected chi connectivity index (χ4v) is 2.44. The van der Waals surface area contributed by atoms with Crippen LogP contribution in [0.1, 0.15) is 11.3 Å². The van der Waals surface area contributed by atoms with Gasteiger partial charge in [0.1, 0.15) is 12.4 Å². The maximum atomic E-state index is 5.82. The number of alkyl halides is 1. The van der Waals surface area contributed by atoms with Crippen molar-refractivity contribution in [2.75, 3.05) is 5.33 Å². The second-order valence-corrected chi connectivity index (χ2v) is 5.29. The summed E-state index contributed by atoms with van der Waals surface area (Å²) < 4.78 is 11.1. The van der Waals surface area contributed by atoms with E-state index in [0.29, 0.717) is 6.61 Å². The predicted octanol–water partition coefficient (Wildman–Crippen LogP) is 4.34. The molecule has 3 aromatic rings. The van der Waals surface area contributed by atoms with Gasteiger partial charge in [-0.25, -0.2) is 0 Å². The minimum absolute atomic E-state index is 0.561. The first-order valence-corrected chi connectivity index (χ1v) is 7.60. The zero-order valence-electron chi connectivity index (χ0n) is 10.9. The van der Waals surface area contributed by atoms with E-state index >= 15 is 0 Å². The predicted molar refractivity (Wildman–Crippen MR) is 82.3 cm³/mol. The van der Waals surface area contributed by atoms with Crippen LogP contribution in [0.5, 0.6) is 5.75 Å². The summed E-state index contributed by atoms with van der Waals surface area (Å²) >= 11 is 3.42. The summed E-state index contributed by atoms with van der Waals surface area (Å²) in [7, 11) is 0. The molecule has 2 aromatic carbocycles. The van der Waals surface area contributed by atoms with Gasteiger partial charge < -0.3 is 9.26 Å². The summed E-state index contributed by atoms with van der Waals surface area (Å²) in [6.45, 7) is 0.561. The van der Waals surface area contributed by atoms with Crippen LogP contribution < -0.4 is 4.74 Å². The maximum Gasteiger partial charge on any atom is 0.167 e. The molecule has 0 spiro atoms. The third-order valence-electron chi connectivity index (χ3n) is 3.10. The summed E-state index contributed by atoms with van der Waals surface area (Å²) in [4.78, 5) is 0. The molecule has 0 atom stereocenters. The van der Waals surface area contributed by atoms with Crippen LogP contribution in [0, 0.1) is 0 Å². The molecule has 0 unspecified atom stereocenters. The van der Waals surface area contributed by atoms with E-state index in [4.69, 9.17) is 9.26 Å². The molecule has 0 bridgehead atoms. The number of hydrogen-bond acceptors (Lipinski definition) is 3. The highest BCUT2D eigenvalue weighted by molar-refractivity contribution is 9.09. The highest BCUT2D eigenvalue weighted by Gasteiger charge is 2.08. The Labute approximate surface area is 125 Å². The molecule has 3 nitrogen and oxygen atoms in total. The Morgan fingerprint density at radius 1 is 1.10 bits per heavy atom. The Morgan fingerprint density at radius 3 is 2.75 bits per heavy atom. The number of ether oxygens (including phenoxy) is 1. The summed E-state index contributed by atoms with van der Waals surface area (Å²) in [6.07, 6.45) is 0.842. The number of fused-ring (bicyclic) bond motifs is 1. The lowest BCUT2D eigenvalue weighted by molar-refractivity contribution is 0.306. The van der Waals surface area contributed by atoms with Crippen LogP contribution in [0.3, 0.4) is 0 Å². The van der Waals surface area contributed by atoms with Gasteiger partial charge >= 0.3 is 0 Å². The molecule has 0 aliphatic rings. The van der Waals surface area contributed by atoms with Gasteiger partial charge in [0.25, 0.3) is 0 Å². The Balaban J connectivity index is 1.79. The second kappa shape index (κ2) is 6.09. The number of hydrogen-bond donors (Lipinski definition) is 0. The van der Waals surface area contributed by atoms with Crippen molar-refractivity contribution < 1.29 is 9.26 Å². The smallest absolute Gasteiger partial charge is 0.167 e. The molecule has 0 aliphatic carbocycles. The Morgan fingerprint density at radius 2 is 1.95 bits per heavy atom. The van der Waals surface area contributed by atoms with E-state index in [1.807, 2.05) is 48.5 Å². The van der Waals surface area contributed by atoms with E-state index in [1.165, 1.54) is 0 Å². The number of halogens is 1. The highest BCUT2D eigenvalue weighted by atomic mass is 79.9. The largest absolute Gasteiger partial charge is 0.489 e.